The van der Waals surface area contributed by atoms with Gasteiger partial charge in [0.2, 0.25) is 0 Å². The van der Waals surface area contributed by atoms with Crippen LogP contribution in [0.3, 0.4) is 0 Å². The van der Waals surface area contributed by atoms with Crippen molar-refractivity contribution in [3.05, 3.63) is 73.2 Å². The van der Waals surface area contributed by atoms with Gasteiger partial charge in [0.15, 0.2) is 6.23 Å². The highest BCUT2D eigenvalue weighted by molar-refractivity contribution is 6.02. The van der Waals surface area contributed by atoms with Crippen LogP contribution in [0.2, 0.25) is 0 Å². The van der Waals surface area contributed by atoms with Gasteiger partial charge in [0.1, 0.15) is 23.9 Å². The van der Waals surface area contributed by atoms with Gasteiger partial charge in [-0.05, 0) is 24.6 Å². The lowest BCUT2D eigenvalue weighted by Crippen LogP contribution is -2.24. The normalized spacial score (nSPS) is 20.4. The van der Waals surface area contributed by atoms with Crippen LogP contribution in [-0.2, 0) is 14.3 Å². The van der Waals surface area contributed by atoms with Crippen LogP contribution in [0.1, 0.15) is 26.5 Å². The Morgan fingerprint density at radius 2 is 1.81 bits per heavy atom. The molecule has 3 atom stereocenters. The van der Waals surface area contributed by atoms with E-state index in [2.05, 4.69) is 27.4 Å². The molecule has 0 radical (unpaired) electrons. The molecular weight excluding hydrogens is 404 g/mol. The molecule has 0 aliphatic carbocycles. The van der Waals surface area contributed by atoms with Gasteiger partial charge in [-0.15, -0.1) is 0 Å². The quantitative estimate of drug-likeness (QED) is 0.447. The van der Waals surface area contributed by atoms with Gasteiger partial charge in [-0.1, -0.05) is 48.5 Å². The van der Waals surface area contributed by atoms with Gasteiger partial charge in [0.05, 0.1) is 11.5 Å². The van der Waals surface area contributed by atoms with Crippen LogP contribution in [0.25, 0.3) is 22.2 Å². The monoisotopic (exact) mass is 428 g/mol. The van der Waals surface area contributed by atoms with E-state index in [9.17, 15) is 4.79 Å². The molecule has 2 aromatic carbocycles. The first-order valence-electron chi connectivity index (χ1n) is 10.7. The number of anilines is 2. The number of nitrogens with zero attached hydrogens (tertiary/aromatic N) is 3. The fourth-order valence-corrected chi connectivity index (χ4v) is 4.26. The molecule has 1 aliphatic heterocycles. The van der Waals surface area contributed by atoms with E-state index in [4.69, 9.17) is 9.47 Å². The highest BCUT2D eigenvalue weighted by Crippen LogP contribution is 2.40. The Morgan fingerprint density at radius 3 is 2.53 bits per heavy atom. The Kier molecular flexibility index (Phi) is 5.33. The first kappa shape index (κ1) is 20.2. The lowest BCUT2D eigenvalue weighted by Gasteiger charge is -2.20. The highest BCUT2D eigenvalue weighted by Gasteiger charge is 2.38. The zero-order valence-corrected chi connectivity index (χ0v) is 17.9. The summed E-state index contributed by atoms with van der Waals surface area (Å²) in [5.41, 5.74) is 3.66. The molecule has 5 rings (SSSR count). The molecule has 1 aliphatic rings. The van der Waals surface area contributed by atoms with E-state index in [-0.39, 0.29) is 18.2 Å². The maximum absolute atomic E-state index is 11.7. The molecule has 7 nitrogen and oxygen atoms in total. The smallest absolute Gasteiger partial charge is 0.303 e. The summed E-state index contributed by atoms with van der Waals surface area (Å²) >= 11 is 0. The van der Waals surface area contributed by atoms with Gasteiger partial charge in [-0.2, -0.15) is 0 Å². The summed E-state index contributed by atoms with van der Waals surface area (Å²) in [4.78, 5) is 20.9. The molecule has 0 bridgehead atoms. The van der Waals surface area contributed by atoms with Crippen molar-refractivity contribution in [1.82, 2.24) is 14.5 Å². The average Bonchev–Trinajstić information content (AvgIpc) is 3.35. The van der Waals surface area contributed by atoms with Crippen molar-refractivity contribution >= 4 is 28.5 Å². The highest BCUT2D eigenvalue weighted by atomic mass is 16.6. The van der Waals surface area contributed by atoms with Crippen molar-refractivity contribution in [2.24, 2.45) is 0 Å². The van der Waals surface area contributed by atoms with Gasteiger partial charge in [-0.3, -0.25) is 4.79 Å². The molecule has 4 aromatic rings. The second-order valence-electron chi connectivity index (χ2n) is 7.95. The Bertz CT molecular complexity index is 1240. The van der Waals surface area contributed by atoms with Crippen LogP contribution in [0.15, 0.2) is 73.2 Å². The molecule has 0 unspecified atom stereocenters. The molecule has 0 saturated carbocycles. The molecule has 2 aromatic heterocycles. The van der Waals surface area contributed by atoms with Crippen molar-refractivity contribution in [2.45, 2.75) is 38.7 Å². The Balaban J connectivity index is 1.68. The standard InChI is InChI=1S/C25H24N4O3/c1-16-13-21(32-17(2)30)25(31-16)29-14-20(18-9-5-3-6-10-18)22-23(26-15-27-24(22)29)28-19-11-7-4-8-12-19/h3-12,14-16,21,25H,13H2,1-2H3,(H,26,27,28)/t16-,21-,25-/m1/s1. The molecule has 3 heterocycles. The van der Waals surface area contributed by atoms with E-state index < -0.39 is 6.23 Å². The van der Waals surface area contributed by atoms with E-state index >= 15 is 0 Å². The maximum Gasteiger partial charge on any atom is 0.303 e. The Labute approximate surface area is 186 Å². The molecule has 162 valence electrons. The summed E-state index contributed by atoms with van der Waals surface area (Å²) in [5, 5.41) is 4.30. The predicted molar refractivity (Wildman–Crippen MR) is 122 cm³/mol. The number of hydrogen-bond acceptors (Lipinski definition) is 6. The summed E-state index contributed by atoms with van der Waals surface area (Å²) in [6, 6.07) is 20.0. The van der Waals surface area contributed by atoms with Crippen molar-refractivity contribution in [3.8, 4) is 11.1 Å². The van der Waals surface area contributed by atoms with Crippen LogP contribution in [0.5, 0.6) is 0 Å². The topological polar surface area (TPSA) is 78.3 Å². The van der Waals surface area contributed by atoms with Crippen LogP contribution < -0.4 is 5.32 Å². The molecule has 1 saturated heterocycles. The average molecular weight is 428 g/mol. The number of hydrogen-bond donors (Lipinski definition) is 1. The summed E-state index contributed by atoms with van der Waals surface area (Å²) in [7, 11) is 0. The molecule has 32 heavy (non-hydrogen) atoms. The van der Waals surface area contributed by atoms with Gasteiger partial charge in [-0.25, -0.2) is 9.97 Å². The zero-order valence-electron chi connectivity index (χ0n) is 17.9. The van der Waals surface area contributed by atoms with E-state index in [0.29, 0.717) is 17.9 Å². The fraction of sp³-hybridized carbons (Fsp3) is 0.240. The van der Waals surface area contributed by atoms with Gasteiger partial charge in [0, 0.05) is 30.8 Å². The van der Waals surface area contributed by atoms with E-state index in [1.165, 1.54) is 13.3 Å². The molecule has 0 amide bonds. The van der Waals surface area contributed by atoms with Crippen LogP contribution in [0, 0.1) is 0 Å². The number of carbonyl (C=O) groups excluding carboxylic acids is 1. The fourth-order valence-electron chi connectivity index (χ4n) is 4.26. The van der Waals surface area contributed by atoms with E-state index in [0.717, 1.165) is 22.2 Å². The third-order valence-electron chi connectivity index (χ3n) is 5.58. The first-order chi connectivity index (χ1) is 15.6. The SMILES string of the molecule is CC(=O)O[C@@H]1C[C@@H](C)O[C@H]1n1cc(-c2ccccc2)c2c(Nc3ccccc3)ncnc21. The second-order valence-corrected chi connectivity index (χ2v) is 7.95. The summed E-state index contributed by atoms with van der Waals surface area (Å²) in [6.07, 6.45) is 3.30. The zero-order chi connectivity index (χ0) is 22.1. The number of ether oxygens (including phenoxy) is 2. The van der Waals surface area contributed by atoms with Gasteiger partial charge < -0.3 is 19.4 Å². The third-order valence-corrected chi connectivity index (χ3v) is 5.58. The number of para-hydroxylation sites is 1. The van der Waals surface area contributed by atoms with Crippen LogP contribution >= 0.6 is 0 Å². The maximum atomic E-state index is 11.7. The number of carbonyl (C=O) groups is 1. The summed E-state index contributed by atoms with van der Waals surface area (Å²) in [5.74, 6) is 0.382. The van der Waals surface area contributed by atoms with Crippen LogP contribution in [0.4, 0.5) is 11.5 Å². The minimum atomic E-state index is -0.465. The largest absolute Gasteiger partial charge is 0.458 e. The van der Waals surface area contributed by atoms with Crippen molar-refractivity contribution < 1.29 is 14.3 Å². The van der Waals surface area contributed by atoms with Crippen molar-refractivity contribution in [3.63, 3.8) is 0 Å². The summed E-state index contributed by atoms with van der Waals surface area (Å²) < 4.78 is 13.7. The predicted octanol–water partition coefficient (Wildman–Crippen LogP) is 5.08. The Hall–Kier alpha value is -3.71. The number of fused-ring (bicyclic) bond motifs is 1. The lowest BCUT2D eigenvalue weighted by atomic mass is 10.1. The second kappa shape index (κ2) is 8.43. The van der Waals surface area contributed by atoms with E-state index in [1.54, 1.807) is 0 Å². The van der Waals surface area contributed by atoms with Gasteiger partial charge in [0.25, 0.3) is 0 Å². The first-order valence-corrected chi connectivity index (χ1v) is 10.7. The van der Waals surface area contributed by atoms with Crippen molar-refractivity contribution in [2.75, 3.05) is 5.32 Å². The third kappa shape index (κ3) is 3.83. The molecule has 0 spiro atoms. The summed E-state index contributed by atoms with van der Waals surface area (Å²) in [6.45, 7) is 3.41. The minimum Gasteiger partial charge on any atom is -0.458 e. The Morgan fingerprint density at radius 1 is 1.09 bits per heavy atom. The number of esters is 1. The lowest BCUT2D eigenvalue weighted by molar-refractivity contribution is -0.152. The number of nitrogens with one attached hydrogen (secondary N) is 1. The van der Waals surface area contributed by atoms with Crippen molar-refractivity contribution in [1.29, 1.82) is 0 Å². The number of rotatable bonds is 5. The molecule has 1 N–H and O–H groups in total. The molecular formula is C25H24N4O3. The van der Waals surface area contributed by atoms with Gasteiger partial charge >= 0.3 is 5.97 Å². The molecule has 1 fully saturated rings. The van der Waals surface area contributed by atoms with Crippen LogP contribution in [-0.4, -0.2) is 32.7 Å². The number of benzene rings is 2. The minimum absolute atomic E-state index is 0.0364. The number of aromatic nitrogens is 3. The molecule has 7 heteroatoms. The van der Waals surface area contributed by atoms with E-state index in [1.807, 2.05) is 66.2 Å².